The van der Waals surface area contributed by atoms with Crippen molar-refractivity contribution in [1.82, 2.24) is 5.32 Å². The van der Waals surface area contributed by atoms with E-state index in [4.69, 9.17) is 0 Å². The molecule has 1 N–H and O–H groups in total. The second-order valence-corrected chi connectivity index (χ2v) is 5.03. The zero-order valence-corrected chi connectivity index (χ0v) is 11.0. The molecule has 0 radical (unpaired) electrons. The molecule has 0 saturated heterocycles. The van der Waals surface area contributed by atoms with Crippen molar-refractivity contribution in [2.24, 2.45) is 0 Å². The lowest BCUT2D eigenvalue weighted by atomic mass is 9.95. The van der Waals surface area contributed by atoms with Crippen LogP contribution in [-0.4, -0.2) is 11.9 Å². The van der Waals surface area contributed by atoms with Gasteiger partial charge < -0.3 is 5.32 Å². The second-order valence-electron chi connectivity index (χ2n) is 5.03. The Labute approximate surface area is 109 Å². The molecule has 0 atom stereocenters. The Hall–Kier alpha value is -1.57. The van der Waals surface area contributed by atoms with Crippen molar-refractivity contribution in [2.45, 2.75) is 45.1 Å². The fraction of sp³-hybridized carbons (Fsp3) is 0.438. The first kappa shape index (κ1) is 12.9. The van der Waals surface area contributed by atoms with E-state index in [0.717, 1.165) is 18.4 Å². The fourth-order valence-electron chi connectivity index (χ4n) is 2.44. The number of benzene rings is 1. The van der Waals surface area contributed by atoms with Gasteiger partial charge in [-0.25, -0.2) is 0 Å². The highest BCUT2D eigenvalue weighted by Gasteiger charge is 2.13. The normalized spacial score (nSPS) is 16.9. The molecule has 1 aromatic carbocycles. The molecule has 0 aromatic heterocycles. The molecule has 0 unspecified atom stereocenters. The SMILES string of the molecule is Cc1ccccc1/C=C\C(=O)NC1CCCCC1. The van der Waals surface area contributed by atoms with Crippen LogP contribution in [0.5, 0.6) is 0 Å². The summed E-state index contributed by atoms with van der Waals surface area (Å²) in [7, 11) is 0. The highest BCUT2D eigenvalue weighted by atomic mass is 16.1. The van der Waals surface area contributed by atoms with Crippen molar-refractivity contribution in [1.29, 1.82) is 0 Å². The van der Waals surface area contributed by atoms with Crippen molar-refractivity contribution in [3.05, 3.63) is 41.5 Å². The summed E-state index contributed by atoms with van der Waals surface area (Å²) in [6, 6.07) is 8.46. The van der Waals surface area contributed by atoms with Gasteiger partial charge in [-0.05, 0) is 37.0 Å². The Balaban J connectivity index is 1.88. The fourth-order valence-corrected chi connectivity index (χ4v) is 2.44. The standard InChI is InChI=1S/C16H21NO/c1-13-7-5-6-8-14(13)11-12-16(18)17-15-9-3-2-4-10-15/h5-8,11-12,15H,2-4,9-10H2,1H3,(H,17,18)/b12-11-. The lowest BCUT2D eigenvalue weighted by Crippen LogP contribution is -2.34. The van der Waals surface area contributed by atoms with Gasteiger partial charge in [-0.3, -0.25) is 4.79 Å². The van der Waals surface area contributed by atoms with Crippen molar-refractivity contribution in [3.63, 3.8) is 0 Å². The summed E-state index contributed by atoms with van der Waals surface area (Å²) >= 11 is 0. The molecule has 1 aliphatic carbocycles. The Morgan fingerprint density at radius 3 is 2.67 bits per heavy atom. The van der Waals surface area contributed by atoms with Gasteiger partial charge in [0.25, 0.3) is 0 Å². The van der Waals surface area contributed by atoms with E-state index < -0.39 is 0 Å². The minimum atomic E-state index is 0.0325. The van der Waals surface area contributed by atoms with E-state index >= 15 is 0 Å². The molecule has 0 bridgehead atoms. The van der Waals surface area contributed by atoms with Crippen LogP contribution in [0.2, 0.25) is 0 Å². The highest BCUT2D eigenvalue weighted by Crippen LogP contribution is 2.17. The molecule has 2 nitrogen and oxygen atoms in total. The summed E-state index contributed by atoms with van der Waals surface area (Å²) in [6.45, 7) is 2.05. The lowest BCUT2D eigenvalue weighted by Gasteiger charge is -2.21. The number of hydrogen-bond donors (Lipinski definition) is 1. The predicted molar refractivity (Wildman–Crippen MR) is 75.2 cm³/mol. The van der Waals surface area contributed by atoms with Crippen LogP contribution in [-0.2, 0) is 4.79 Å². The predicted octanol–water partition coefficient (Wildman–Crippen LogP) is 3.46. The van der Waals surface area contributed by atoms with E-state index in [9.17, 15) is 4.79 Å². The number of aryl methyl sites for hydroxylation is 1. The largest absolute Gasteiger partial charge is 0.350 e. The van der Waals surface area contributed by atoms with E-state index in [-0.39, 0.29) is 5.91 Å². The van der Waals surface area contributed by atoms with Crippen molar-refractivity contribution in [2.75, 3.05) is 0 Å². The average molecular weight is 243 g/mol. The van der Waals surface area contributed by atoms with Crippen LogP contribution < -0.4 is 5.32 Å². The van der Waals surface area contributed by atoms with Gasteiger partial charge in [0.05, 0.1) is 0 Å². The van der Waals surface area contributed by atoms with Crippen LogP contribution in [0, 0.1) is 6.92 Å². The second kappa shape index (κ2) is 6.39. The number of hydrogen-bond acceptors (Lipinski definition) is 1. The third-order valence-electron chi connectivity index (χ3n) is 3.55. The van der Waals surface area contributed by atoms with Crippen molar-refractivity contribution in [3.8, 4) is 0 Å². The highest BCUT2D eigenvalue weighted by molar-refractivity contribution is 5.92. The smallest absolute Gasteiger partial charge is 0.244 e. The minimum absolute atomic E-state index is 0.0325. The van der Waals surface area contributed by atoms with Crippen molar-refractivity contribution >= 4 is 12.0 Å². The quantitative estimate of drug-likeness (QED) is 0.809. The molecule has 1 aliphatic rings. The summed E-state index contributed by atoms with van der Waals surface area (Å²) in [5, 5.41) is 3.08. The van der Waals surface area contributed by atoms with Gasteiger partial charge in [-0.15, -0.1) is 0 Å². The Kier molecular flexibility index (Phi) is 4.57. The van der Waals surface area contributed by atoms with E-state index in [2.05, 4.69) is 18.3 Å². The van der Waals surface area contributed by atoms with Gasteiger partial charge in [-0.2, -0.15) is 0 Å². The molecule has 0 aliphatic heterocycles. The van der Waals surface area contributed by atoms with Crippen molar-refractivity contribution < 1.29 is 4.79 Å². The van der Waals surface area contributed by atoms with Crippen LogP contribution in [0.15, 0.2) is 30.3 Å². The van der Waals surface area contributed by atoms with Gasteiger partial charge in [0.2, 0.25) is 5.91 Å². The topological polar surface area (TPSA) is 29.1 Å². The maximum Gasteiger partial charge on any atom is 0.244 e. The monoisotopic (exact) mass is 243 g/mol. The summed E-state index contributed by atoms with van der Waals surface area (Å²) in [4.78, 5) is 11.8. The molecule has 1 fully saturated rings. The molecule has 18 heavy (non-hydrogen) atoms. The van der Waals surface area contributed by atoms with Gasteiger partial charge in [0.15, 0.2) is 0 Å². The van der Waals surface area contributed by atoms with E-state index in [1.165, 1.54) is 24.8 Å². The number of rotatable bonds is 3. The van der Waals surface area contributed by atoms with E-state index in [1.807, 2.05) is 24.3 Å². The average Bonchev–Trinajstić information content (AvgIpc) is 2.39. The van der Waals surface area contributed by atoms with Crippen LogP contribution >= 0.6 is 0 Å². The van der Waals surface area contributed by atoms with Gasteiger partial charge in [-0.1, -0.05) is 43.5 Å². The van der Waals surface area contributed by atoms with Crippen LogP contribution in [0.4, 0.5) is 0 Å². The van der Waals surface area contributed by atoms with Gasteiger partial charge in [0.1, 0.15) is 0 Å². The first-order valence-electron chi connectivity index (χ1n) is 6.80. The van der Waals surface area contributed by atoms with Crippen LogP contribution in [0.25, 0.3) is 6.08 Å². The summed E-state index contributed by atoms with van der Waals surface area (Å²) in [6.07, 6.45) is 9.60. The van der Waals surface area contributed by atoms with Gasteiger partial charge >= 0.3 is 0 Å². The number of nitrogens with one attached hydrogen (secondary N) is 1. The molecular formula is C16H21NO. The maximum absolute atomic E-state index is 11.8. The maximum atomic E-state index is 11.8. The molecule has 1 amide bonds. The Morgan fingerprint density at radius 2 is 1.94 bits per heavy atom. The molecule has 0 spiro atoms. The number of carbonyl (C=O) groups excluding carboxylic acids is 1. The number of amides is 1. The zero-order chi connectivity index (χ0) is 12.8. The summed E-state index contributed by atoms with van der Waals surface area (Å²) < 4.78 is 0. The van der Waals surface area contributed by atoms with Crippen LogP contribution in [0.3, 0.4) is 0 Å². The molecule has 2 rings (SSSR count). The molecule has 1 aromatic rings. The van der Waals surface area contributed by atoms with E-state index in [0.29, 0.717) is 6.04 Å². The number of carbonyl (C=O) groups is 1. The zero-order valence-electron chi connectivity index (χ0n) is 11.0. The first-order chi connectivity index (χ1) is 8.75. The summed E-state index contributed by atoms with van der Waals surface area (Å²) in [5.41, 5.74) is 2.30. The first-order valence-corrected chi connectivity index (χ1v) is 6.80. The molecule has 96 valence electrons. The third kappa shape index (κ3) is 3.73. The third-order valence-corrected chi connectivity index (χ3v) is 3.55. The summed E-state index contributed by atoms with van der Waals surface area (Å²) in [5.74, 6) is 0.0325. The molecule has 0 heterocycles. The van der Waals surface area contributed by atoms with E-state index in [1.54, 1.807) is 6.08 Å². The minimum Gasteiger partial charge on any atom is -0.350 e. The van der Waals surface area contributed by atoms with Gasteiger partial charge in [0, 0.05) is 12.1 Å². The lowest BCUT2D eigenvalue weighted by molar-refractivity contribution is -0.117. The molecular weight excluding hydrogens is 222 g/mol. The Bertz CT molecular complexity index is 430. The molecule has 2 heteroatoms. The Morgan fingerprint density at radius 1 is 1.22 bits per heavy atom. The molecule has 1 saturated carbocycles. The van der Waals surface area contributed by atoms with Crippen LogP contribution in [0.1, 0.15) is 43.2 Å².